The molecule has 0 radical (unpaired) electrons. The van der Waals surface area contributed by atoms with Crippen molar-refractivity contribution in [1.29, 1.82) is 0 Å². The predicted molar refractivity (Wildman–Crippen MR) is 152 cm³/mol. The number of nitrogens with zero attached hydrogens (tertiary/aromatic N) is 3. The molecule has 2 aromatic heterocycles. The van der Waals surface area contributed by atoms with E-state index in [0.717, 1.165) is 55.7 Å². The zero-order valence-corrected chi connectivity index (χ0v) is 23.0. The number of amides is 1. The van der Waals surface area contributed by atoms with Gasteiger partial charge in [0.05, 0.1) is 30.5 Å². The molecular weight excluding hydrogens is 490 g/mol. The van der Waals surface area contributed by atoms with E-state index in [-0.39, 0.29) is 18.1 Å². The van der Waals surface area contributed by atoms with Gasteiger partial charge in [0.2, 0.25) is 0 Å². The Labute approximate surface area is 227 Å². The minimum absolute atomic E-state index is 0.0222. The Morgan fingerprint density at radius 2 is 1.77 bits per heavy atom. The van der Waals surface area contributed by atoms with Crippen molar-refractivity contribution in [3.05, 3.63) is 83.2 Å². The maximum Gasteiger partial charge on any atom is 0.254 e. The van der Waals surface area contributed by atoms with Crippen molar-refractivity contribution in [2.75, 3.05) is 20.2 Å². The van der Waals surface area contributed by atoms with Crippen molar-refractivity contribution >= 4 is 27.7 Å². The average molecular weight is 524 g/mol. The Balaban J connectivity index is 1.50. The van der Waals surface area contributed by atoms with Crippen molar-refractivity contribution < 1.29 is 18.8 Å². The van der Waals surface area contributed by atoms with Gasteiger partial charge in [0.25, 0.3) is 5.91 Å². The molecule has 1 saturated heterocycles. The summed E-state index contributed by atoms with van der Waals surface area (Å²) >= 11 is 0. The van der Waals surface area contributed by atoms with E-state index in [2.05, 4.69) is 46.1 Å². The molecule has 0 N–H and O–H groups in total. The molecule has 0 aliphatic carbocycles. The molecule has 3 aromatic carbocycles. The molecule has 39 heavy (non-hydrogen) atoms. The summed E-state index contributed by atoms with van der Waals surface area (Å²) in [6.45, 7) is 9.79. The van der Waals surface area contributed by atoms with Gasteiger partial charge in [0.15, 0.2) is 0 Å². The van der Waals surface area contributed by atoms with E-state index >= 15 is 0 Å². The molecule has 0 bridgehead atoms. The molecule has 6 rings (SSSR count). The van der Waals surface area contributed by atoms with E-state index in [0.29, 0.717) is 25.2 Å². The van der Waals surface area contributed by atoms with Crippen LogP contribution in [0, 0.1) is 13.8 Å². The van der Waals surface area contributed by atoms with Crippen LogP contribution in [0.3, 0.4) is 0 Å². The zero-order valence-electron chi connectivity index (χ0n) is 23.0. The smallest absolute Gasteiger partial charge is 0.254 e. The number of benzene rings is 3. The number of rotatable bonds is 5. The van der Waals surface area contributed by atoms with Gasteiger partial charge < -0.3 is 23.5 Å². The molecule has 1 fully saturated rings. The Morgan fingerprint density at radius 1 is 0.974 bits per heavy atom. The van der Waals surface area contributed by atoms with Gasteiger partial charge in [0, 0.05) is 47.1 Å². The molecule has 1 aliphatic rings. The zero-order chi connectivity index (χ0) is 27.3. The van der Waals surface area contributed by atoms with Gasteiger partial charge in [0.1, 0.15) is 11.5 Å². The van der Waals surface area contributed by atoms with Crippen molar-refractivity contribution in [3.8, 4) is 16.9 Å². The number of aromatic nitrogens is 2. The van der Waals surface area contributed by atoms with Crippen molar-refractivity contribution in [1.82, 2.24) is 14.6 Å². The van der Waals surface area contributed by atoms with Gasteiger partial charge in [-0.05, 0) is 75.2 Å². The van der Waals surface area contributed by atoms with Crippen LogP contribution in [0.1, 0.15) is 41.2 Å². The quantitative estimate of drug-likeness (QED) is 0.268. The maximum atomic E-state index is 13.6. The summed E-state index contributed by atoms with van der Waals surface area (Å²) in [5.41, 5.74) is 6.92. The second-order valence-corrected chi connectivity index (χ2v) is 10.6. The summed E-state index contributed by atoms with van der Waals surface area (Å²) in [6.07, 6.45) is 0.0444. The van der Waals surface area contributed by atoms with Gasteiger partial charge in [-0.3, -0.25) is 4.79 Å². The fourth-order valence-corrected chi connectivity index (χ4v) is 5.93. The number of fused-ring (bicyclic) bond motifs is 3. The lowest BCUT2D eigenvalue weighted by Gasteiger charge is -2.35. The molecule has 5 aromatic rings. The van der Waals surface area contributed by atoms with Gasteiger partial charge in [-0.1, -0.05) is 29.4 Å². The van der Waals surface area contributed by atoms with Crippen LogP contribution in [0.2, 0.25) is 0 Å². The second-order valence-electron chi connectivity index (χ2n) is 10.6. The third-order valence-corrected chi connectivity index (χ3v) is 7.62. The van der Waals surface area contributed by atoms with Crippen LogP contribution in [0.5, 0.6) is 5.75 Å². The van der Waals surface area contributed by atoms with E-state index < -0.39 is 0 Å². The van der Waals surface area contributed by atoms with E-state index in [4.69, 9.17) is 14.0 Å². The first-order valence-corrected chi connectivity index (χ1v) is 13.4. The third kappa shape index (κ3) is 4.57. The number of hydrogen-bond donors (Lipinski definition) is 0. The predicted octanol–water partition coefficient (Wildman–Crippen LogP) is 6.37. The van der Waals surface area contributed by atoms with Gasteiger partial charge in [-0.25, -0.2) is 0 Å². The summed E-state index contributed by atoms with van der Waals surface area (Å²) in [6, 6.07) is 20.7. The Bertz CT molecular complexity index is 1670. The molecular formula is C32H33N3O4. The van der Waals surface area contributed by atoms with E-state index in [1.54, 1.807) is 7.11 Å². The van der Waals surface area contributed by atoms with Crippen LogP contribution in [0.4, 0.5) is 0 Å². The first-order chi connectivity index (χ1) is 18.8. The fraction of sp³-hybridized carbons (Fsp3) is 0.312. The summed E-state index contributed by atoms with van der Waals surface area (Å²) in [4.78, 5) is 15.5. The lowest BCUT2D eigenvalue weighted by Crippen LogP contribution is -2.48. The fourth-order valence-electron chi connectivity index (χ4n) is 5.93. The first kappa shape index (κ1) is 25.2. The molecule has 1 aliphatic heterocycles. The monoisotopic (exact) mass is 523 g/mol. The van der Waals surface area contributed by atoms with Crippen LogP contribution in [0.15, 0.2) is 65.2 Å². The molecule has 7 nitrogen and oxygen atoms in total. The highest BCUT2D eigenvalue weighted by molar-refractivity contribution is 6.11. The van der Waals surface area contributed by atoms with Gasteiger partial charge in [-0.2, -0.15) is 0 Å². The summed E-state index contributed by atoms with van der Waals surface area (Å²) in [5, 5.41) is 6.32. The average Bonchev–Trinajstić information content (AvgIpc) is 3.42. The SMILES string of the molecule is COc1cccc(Cn2c3ccc(C(=O)N4C[C@@H](C)O[C@@H](C)C4)cc3c3ccc(-c4c(C)noc4C)cc32)c1. The Morgan fingerprint density at radius 3 is 2.49 bits per heavy atom. The molecule has 0 spiro atoms. The van der Waals surface area contributed by atoms with Crippen LogP contribution in [0.25, 0.3) is 32.9 Å². The summed E-state index contributed by atoms with van der Waals surface area (Å²) < 4.78 is 19.1. The molecule has 7 heteroatoms. The number of ether oxygens (including phenoxy) is 2. The molecule has 0 saturated carbocycles. The lowest BCUT2D eigenvalue weighted by atomic mass is 10.0. The van der Waals surface area contributed by atoms with Crippen LogP contribution >= 0.6 is 0 Å². The largest absolute Gasteiger partial charge is 0.497 e. The van der Waals surface area contributed by atoms with Crippen molar-refractivity contribution in [2.45, 2.75) is 46.4 Å². The maximum absolute atomic E-state index is 13.6. The standard InChI is InChI=1S/C32H33N3O4/c1-19-16-34(17-20(2)38-19)32(36)25-10-12-29-28(14-25)27-11-9-24(31-21(3)33-39-22(31)4)15-30(27)35(29)18-23-7-6-8-26(13-23)37-5/h6-15,19-20H,16-18H2,1-5H3/t19-,20+. The number of hydrogen-bond acceptors (Lipinski definition) is 5. The highest BCUT2D eigenvalue weighted by Gasteiger charge is 2.27. The van der Waals surface area contributed by atoms with E-state index in [1.165, 1.54) is 0 Å². The second kappa shape index (κ2) is 9.89. The topological polar surface area (TPSA) is 69.7 Å². The minimum atomic E-state index is 0.0222. The summed E-state index contributed by atoms with van der Waals surface area (Å²) in [5.74, 6) is 1.66. The van der Waals surface area contributed by atoms with Crippen LogP contribution in [-0.2, 0) is 11.3 Å². The van der Waals surface area contributed by atoms with E-state index in [1.807, 2.05) is 56.9 Å². The number of morpholine rings is 1. The van der Waals surface area contributed by atoms with Crippen LogP contribution in [-0.4, -0.2) is 52.9 Å². The highest BCUT2D eigenvalue weighted by Crippen LogP contribution is 2.36. The number of methoxy groups -OCH3 is 1. The molecule has 2 atom stereocenters. The molecule has 1 amide bonds. The van der Waals surface area contributed by atoms with Gasteiger partial charge >= 0.3 is 0 Å². The minimum Gasteiger partial charge on any atom is -0.497 e. The number of carbonyl (C=O) groups is 1. The third-order valence-electron chi connectivity index (χ3n) is 7.62. The van der Waals surface area contributed by atoms with Gasteiger partial charge in [-0.15, -0.1) is 0 Å². The normalized spacial score (nSPS) is 17.7. The highest BCUT2D eigenvalue weighted by atomic mass is 16.5. The first-order valence-electron chi connectivity index (χ1n) is 13.4. The van der Waals surface area contributed by atoms with E-state index in [9.17, 15) is 4.79 Å². The number of aryl methyl sites for hydroxylation is 2. The summed E-state index contributed by atoms with van der Waals surface area (Å²) in [7, 11) is 1.68. The van der Waals surface area contributed by atoms with Crippen LogP contribution < -0.4 is 4.74 Å². The van der Waals surface area contributed by atoms with Crippen molar-refractivity contribution in [3.63, 3.8) is 0 Å². The number of carbonyl (C=O) groups excluding carboxylic acids is 1. The lowest BCUT2D eigenvalue weighted by molar-refractivity contribution is -0.0586. The Hall–Kier alpha value is -4.10. The molecule has 0 unspecified atom stereocenters. The molecule has 3 heterocycles. The molecule has 200 valence electrons. The Kier molecular flexibility index (Phi) is 6.39. The van der Waals surface area contributed by atoms with Crippen molar-refractivity contribution in [2.24, 2.45) is 0 Å².